The summed E-state index contributed by atoms with van der Waals surface area (Å²) in [6.07, 6.45) is 0. The van der Waals surface area contributed by atoms with Crippen LogP contribution in [0.4, 0.5) is 0 Å². The van der Waals surface area contributed by atoms with E-state index in [1.54, 1.807) is 0 Å². The first kappa shape index (κ1) is 12.1. The van der Waals surface area contributed by atoms with Gasteiger partial charge in [-0.05, 0) is 24.6 Å². The Morgan fingerprint density at radius 3 is 2.89 bits per heavy atom. The number of rotatable bonds is 3. The molecular weight excluding hydrogens is 246 g/mol. The van der Waals surface area contributed by atoms with Crippen LogP contribution in [0.2, 0.25) is 0 Å². The van der Waals surface area contributed by atoms with Crippen molar-refractivity contribution in [3.8, 4) is 0 Å². The van der Waals surface area contributed by atoms with Gasteiger partial charge in [0.05, 0.1) is 29.7 Å². The molecule has 6 heteroatoms. The van der Waals surface area contributed by atoms with Crippen LogP contribution in [0.25, 0.3) is 11.0 Å². The van der Waals surface area contributed by atoms with Crippen LogP contribution >= 0.6 is 0 Å². The molecule has 6 nitrogen and oxygen atoms in total. The minimum absolute atomic E-state index is 0.332. The predicted octanol–water partition coefficient (Wildman–Crippen LogP) is 0.551. The number of hydrogen-bond acceptors (Lipinski definition) is 4. The summed E-state index contributed by atoms with van der Waals surface area (Å²) in [6.45, 7) is 2.54. The molecule has 1 aromatic heterocycles. The maximum absolute atomic E-state index is 11.2. The Morgan fingerprint density at radius 1 is 1.58 bits per heavy atom. The lowest BCUT2D eigenvalue weighted by Crippen LogP contribution is -2.61. The van der Waals surface area contributed by atoms with Gasteiger partial charge in [0.25, 0.3) is 0 Å². The first-order valence-corrected chi connectivity index (χ1v) is 6.06. The summed E-state index contributed by atoms with van der Waals surface area (Å²) in [5.41, 5.74) is 7.82. The van der Waals surface area contributed by atoms with Crippen molar-refractivity contribution in [1.29, 1.82) is 0 Å². The summed E-state index contributed by atoms with van der Waals surface area (Å²) in [6, 6.07) is 4.71. The number of benzene rings is 1. The van der Waals surface area contributed by atoms with Gasteiger partial charge in [-0.3, -0.25) is 4.79 Å². The lowest BCUT2D eigenvalue weighted by molar-refractivity contribution is -0.148. The van der Waals surface area contributed by atoms with Crippen molar-refractivity contribution >= 4 is 17.0 Å². The van der Waals surface area contributed by atoms with Crippen LogP contribution in [-0.2, 0) is 14.9 Å². The van der Waals surface area contributed by atoms with Gasteiger partial charge in [-0.25, -0.2) is 4.98 Å². The van der Waals surface area contributed by atoms with Crippen molar-refractivity contribution < 1.29 is 14.6 Å². The molecule has 1 atom stereocenters. The van der Waals surface area contributed by atoms with E-state index in [2.05, 4.69) is 9.97 Å². The number of carboxylic acids is 1. The van der Waals surface area contributed by atoms with Crippen LogP contribution < -0.4 is 5.73 Å². The van der Waals surface area contributed by atoms with Crippen LogP contribution in [0, 0.1) is 6.92 Å². The first-order chi connectivity index (χ1) is 9.03. The van der Waals surface area contributed by atoms with Gasteiger partial charge in [0.15, 0.2) is 0 Å². The average molecular weight is 261 g/mol. The van der Waals surface area contributed by atoms with E-state index in [4.69, 9.17) is 15.6 Å². The molecule has 1 aliphatic heterocycles. The number of imidazole rings is 1. The molecule has 1 aliphatic rings. The lowest BCUT2D eigenvalue weighted by atomic mass is 9.72. The highest BCUT2D eigenvalue weighted by Crippen LogP contribution is 2.36. The third-order valence-electron chi connectivity index (χ3n) is 3.76. The van der Waals surface area contributed by atoms with Crippen molar-refractivity contribution in [2.75, 3.05) is 13.2 Å². The molecule has 1 fully saturated rings. The van der Waals surface area contributed by atoms with Crippen LogP contribution in [0.15, 0.2) is 18.2 Å². The number of fused-ring (bicyclic) bond motifs is 1. The first-order valence-electron chi connectivity index (χ1n) is 6.06. The molecular formula is C13H15N3O3. The van der Waals surface area contributed by atoms with Gasteiger partial charge >= 0.3 is 5.97 Å². The van der Waals surface area contributed by atoms with E-state index < -0.39 is 17.4 Å². The molecule has 1 aromatic carbocycles. The number of aliphatic carboxylic acids is 1. The minimum atomic E-state index is -1.01. The highest BCUT2D eigenvalue weighted by Gasteiger charge is 2.49. The molecule has 4 N–H and O–H groups in total. The number of aromatic amines is 1. The summed E-state index contributed by atoms with van der Waals surface area (Å²) in [5, 5.41) is 9.16. The zero-order valence-corrected chi connectivity index (χ0v) is 10.5. The van der Waals surface area contributed by atoms with Gasteiger partial charge in [0.1, 0.15) is 11.9 Å². The van der Waals surface area contributed by atoms with E-state index in [1.807, 2.05) is 25.1 Å². The number of carboxylic acid groups (broad SMARTS) is 1. The number of ether oxygens (including phenoxy) is 1. The van der Waals surface area contributed by atoms with Gasteiger partial charge in [-0.2, -0.15) is 0 Å². The van der Waals surface area contributed by atoms with E-state index in [0.717, 1.165) is 22.4 Å². The van der Waals surface area contributed by atoms with Crippen LogP contribution in [-0.4, -0.2) is 40.3 Å². The predicted molar refractivity (Wildman–Crippen MR) is 68.9 cm³/mol. The molecule has 0 saturated carbocycles. The molecule has 3 rings (SSSR count). The molecule has 0 aliphatic carbocycles. The summed E-state index contributed by atoms with van der Waals surface area (Å²) in [4.78, 5) is 18.7. The Hall–Kier alpha value is -1.92. The second-order valence-electron chi connectivity index (χ2n) is 5.02. The molecule has 0 spiro atoms. The molecule has 19 heavy (non-hydrogen) atoms. The molecule has 1 saturated heterocycles. The monoisotopic (exact) mass is 261 g/mol. The fraction of sp³-hybridized carbons (Fsp3) is 0.385. The summed E-state index contributed by atoms with van der Waals surface area (Å²) in [7, 11) is 0. The average Bonchev–Trinajstić information content (AvgIpc) is 2.66. The molecule has 2 aromatic rings. The van der Waals surface area contributed by atoms with E-state index >= 15 is 0 Å². The third-order valence-corrected chi connectivity index (χ3v) is 3.76. The maximum atomic E-state index is 11.2. The van der Waals surface area contributed by atoms with Gasteiger partial charge in [0.2, 0.25) is 0 Å². The second-order valence-corrected chi connectivity index (χ2v) is 5.02. The van der Waals surface area contributed by atoms with Gasteiger partial charge < -0.3 is 20.6 Å². The van der Waals surface area contributed by atoms with E-state index in [1.165, 1.54) is 0 Å². The number of nitrogens with two attached hydrogens (primary N) is 1. The van der Waals surface area contributed by atoms with E-state index in [0.29, 0.717) is 13.2 Å². The van der Waals surface area contributed by atoms with Gasteiger partial charge in [-0.15, -0.1) is 0 Å². The van der Waals surface area contributed by atoms with Gasteiger partial charge in [0, 0.05) is 0 Å². The normalized spacial score (nSPS) is 19.1. The highest BCUT2D eigenvalue weighted by atomic mass is 16.5. The number of nitrogens with zero attached hydrogens (tertiary/aromatic N) is 1. The lowest BCUT2D eigenvalue weighted by Gasteiger charge is -2.44. The standard InChI is InChI=1S/C13H15N3O3/c1-7-15-9-3-2-8(4-10(9)16-7)13(5-19-6-13)11(14)12(17)18/h2-4,11H,5-6,14H2,1H3,(H,15,16)(H,17,18). The van der Waals surface area contributed by atoms with Crippen molar-refractivity contribution in [1.82, 2.24) is 9.97 Å². The summed E-state index contributed by atoms with van der Waals surface area (Å²) >= 11 is 0. The molecule has 100 valence electrons. The topological polar surface area (TPSA) is 101 Å². The number of carbonyl (C=O) groups is 1. The van der Waals surface area contributed by atoms with Crippen molar-refractivity contribution in [3.05, 3.63) is 29.6 Å². The van der Waals surface area contributed by atoms with Crippen molar-refractivity contribution in [2.24, 2.45) is 5.73 Å². The Balaban J connectivity index is 2.08. The molecule has 1 unspecified atom stereocenters. The maximum Gasteiger partial charge on any atom is 0.321 e. The molecule has 0 amide bonds. The van der Waals surface area contributed by atoms with Crippen molar-refractivity contribution in [3.63, 3.8) is 0 Å². The summed E-state index contributed by atoms with van der Waals surface area (Å²) < 4.78 is 5.21. The number of aryl methyl sites for hydroxylation is 1. The highest BCUT2D eigenvalue weighted by molar-refractivity contribution is 5.79. The summed E-state index contributed by atoms with van der Waals surface area (Å²) in [5.74, 6) is -0.183. The zero-order valence-electron chi connectivity index (χ0n) is 10.5. The minimum Gasteiger partial charge on any atom is -0.480 e. The Labute approximate surface area is 109 Å². The Kier molecular flexibility index (Phi) is 2.58. The largest absolute Gasteiger partial charge is 0.480 e. The quantitative estimate of drug-likeness (QED) is 0.749. The van der Waals surface area contributed by atoms with Crippen LogP contribution in [0.3, 0.4) is 0 Å². The zero-order chi connectivity index (χ0) is 13.6. The Bertz CT molecular complexity index is 646. The number of H-pyrrole nitrogens is 1. The number of aromatic nitrogens is 2. The fourth-order valence-electron chi connectivity index (χ4n) is 2.53. The molecule has 2 heterocycles. The Morgan fingerprint density at radius 2 is 2.32 bits per heavy atom. The molecule has 0 bridgehead atoms. The van der Waals surface area contributed by atoms with Crippen LogP contribution in [0.1, 0.15) is 11.4 Å². The number of nitrogens with one attached hydrogen (secondary N) is 1. The van der Waals surface area contributed by atoms with Crippen molar-refractivity contribution in [2.45, 2.75) is 18.4 Å². The second kappa shape index (κ2) is 4.04. The molecule has 0 radical (unpaired) electrons. The van der Waals surface area contributed by atoms with E-state index in [9.17, 15) is 4.79 Å². The number of hydrogen-bond donors (Lipinski definition) is 3. The smallest absolute Gasteiger partial charge is 0.321 e. The van der Waals surface area contributed by atoms with E-state index in [-0.39, 0.29) is 0 Å². The van der Waals surface area contributed by atoms with Gasteiger partial charge in [-0.1, -0.05) is 6.07 Å². The van der Waals surface area contributed by atoms with Crippen LogP contribution in [0.5, 0.6) is 0 Å². The fourth-order valence-corrected chi connectivity index (χ4v) is 2.53. The third kappa shape index (κ3) is 1.72. The SMILES string of the molecule is Cc1nc2ccc(C3(C(N)C(=O)O)COC3)cc2[nH]1.